The van der Waals surface area contributed by atoms with Gasteiger partial charge in [0.2, 0.25) is 14.9 Å². The smallest absolute Gasteiger partial charge is 0.358 e. The van der Waals surface area contributed by atoms with Crippen molar-refractivity contribution in [3.8, 4) is 0 Å². The lowest BCUT2D eigenvalue weighted by molar-refractivity contribution is -0.392. The number of nitro groups is 1. The topological polar surface area (TPSA) is 121 Å². The third-order valence-corrected chi connectivity index (χ3v) is 2.64. The fourth-order valence-electron chi connectivity index (χ4n) is 1.19. The van der Waals surface area contributed by atoms with Crippen molar-refractivity contribution in [2.24, 2.45) is 11.1 Å². The highest BCUT2D eigenvalue weighted by Crippen LogP contribution is 2.20. The molecule has 0 aliphatic rings. The van der Waals surface area contributed by atoms with E-state index in [0.29, 0.717) is 6.54 Å². The zero-order valence-electron chi connectivity index (χ0n) is 8.82. The maximum atomic E-state index is 11.1. The highest BCUT2D eigenvalue weighted by atomic mass is 32.2. The van der Waals surface area contributed by atoms with Crippen molar-refractivity contribution in [1.82, 2.24) is 9.78 Å². The standard InChI is InChI=1S/C7H12N4O4S/c1-5(2)3-10-4-6(16(8,14)15)7(9-10)11(12)13/h4-5H,3H2,1-2H3,(H2,8,14,15). The number of hydrogen-bond donors (Lipinski definition) is 1. The van der Waals surface area contributed by atoms with E-state index in [1.54, 1.807) is 0 Å². The van der Waals surface area contributed by atoms with Crippen LogP contribution in [0.15, 0.2) is 11.1 Å². The molecule has 0 bridgehead atoms. The molecular formula is C7H12N4O4S. The van der Waals surface area contributed by atoms with Crippen LogP contribution in [-0.4, -0.2) is 23.1 Å². The molecule has 0 spiro atoms. The van der Waals surface area contributed by atoms with E-state index in [-0.39, 0.29) is 5.92 Å². The molecule has 1 aromatic heterocycles. The Balaban J connectivity index is 3.27. The average molecular weight is 248 g/mol. The lowest BCUT2D eigenvalue weighted by Gasteiger charge is -1.98. The fourth-order valence-corrected chi connectivity index (χ4v) is 1.83. The maximum absolute atomic E-state index is 11.1. The van der Waals surface area contributed by atoms with Crippen molar-refractivity contribution in [2.45, 2.75) is 25.3 Å². The van der Waals surface area contributed by atoms with Gasteiger partial charge in [-0.2, -0.15) is 4.68 Å². The predicted octanol–water partition coefficient (Wildman–Crippen LogP) is 0.0947. The minimum absolute atomic E-state index is 0.188. The van der Waals surface area contributed by atoms with Gasteiger partial charge in [0.25, 0.3) is 0 Å². The van der Waals surface area contributed by atoms with E-state index in [1.807, 2.05) is 13.8 Å². The number of aromatic nitrogens is 2. The Hall–Kier alpha value is -1.48. The van der Waals surface area contributed by atoms with Gasteiger partial charge >= 0.3 is 5.82 Å². The summed E-state index contributed by atoms with van der Waals surface area (Å²) in [6, 6.07) is 0. The number of primary sulfonamides is 1. The molecule has 1 rings (SSSR count). The van der Waals surface area contributed by atoms with Crippen LogP contribution < -0.4 is 5.14 Å². The Morgan fingerprint density at radius 1 is 1.62 bits per heavy atom. The minimum atomic E-state index is -4.12. The molecule has 0 fully saturated rings. The summed E-state index contributed by atoms with van der Waals surface area (Å²) in [5.74, 6) is -0.545. The summed E-state index contributed by atoms with van der Waals surface area (Å²) in [6.07, 6.45) is 1.08. The second-order valence-electron chi connectivity index (χ2n) is 3.73. The molecule has 0 radical (unpaired) electrons. The molecule has 0 amide bonds. The molecule has 1 heterocycles. The van der Waals surface area contributed by atoms with Crippen LogP contribution in [-0.2, 0) is 16.6 Å². The lowest BCUT2D eigenvalue weighted by Crippen LogP contribution is -2.13. The van der Waals surface area contributed by atoms with Crippen molar-refractivity contribution in [3.05, 3.63) is 16.3 Å². The van der Waals surface area contributed by atoms with E-state index in [1.165, 1.54) is 4.68 Å². The van der Waals surface area contributed by atoms with Crippen molar-refractivity contribution < 1.29 is 13.3 Å². The van der Waals surface area contributed by atoms with Crippen LogP contribution in [0.1, 0.15) is 13.8 Å². The van der Waals surface area contributed by atoms with Crippen LogP contribution in [0.2, 0.25) is 0 Å². The van der Waals surface area contributed by atoms with Crippen molar-refractivity contribution in [3.63, 3.8) is 0 Å². The van der Waals surface area contributed by atoms with Crippen LogP contribution in [0.5, 0.6) is 0 Å². The number of rotatable bonds is 4. The molecule has 16 heavy (non-hydrogen) atoms. The Bertz CT molecular complexity index is 504. The SMILES string of the molecule is CC(C)Cn1cc(S(N)(=O)=O)c([N+](=O)[O-])n1. The van der Waals surface area contributed by atoms with E-state index in [9.17, 15) is 18.5 Å². The molecular weight excluding hydrogens is 236 g/mol. The third-order valence-electron chi connectivity index (χ3n) is 1.74. The fraction of sp³-hybridized carbons (Fsp3) is 0.571. The van der Waals surface area contributed by atoms with Gasteiger partial charge in [-0.15, -0.1) is 0 Å². The van der Waals surface area contributed by atoms with Crippen molar-refractivity contribution in [2.75, 3.05) is 0 Å². The number of nitrogens with two attached hydrogens (primary N) is 1. The van der Waals surface area contributed by atoms with Crippen molar-refractivity contribution >= 4 is 15.8 Å². The van der Waals surface area contributed by atoms with E-state index >= 15 is 0 Å². The van der Waals surface area contributed by atoms with Gasteiger partial charge in [-0.05, 0) is 10.8 Å². The summed E-state index contributed by atoms with van der Waals surface area (Å²) >= 11 is 0. The Labute approximate surface area is 92.3 Å². The summed E-state index contributed by atoms with van der Waals surface area (Å²) < 4.78 is 23.4. The molecule has 0 saturated heterocycles. The largest absolute Gasteiger partial charge is 0.410 e. The van der Waals surface area contributed by atoms with Crippen LogP contribution >= 0.6 is 0 Å². The first kappa shape index (κ1) is 12.6. The Kier molecular flexibility index (Phi) is 3.29. The zero-order valence-corrected chi connectivity index (χ0v) is 9.64. The summed E-state index contributed by atoms with van der Waals surface area (Å²) in [5, 5.41) is 19.0. The van der Waals surface area contributed by atoms with Gasteiger partial charge in [0, 0.05) is 0 Å². The molecule has 0 aliphatic carbocycles. The molecule has 1 aromatic rings. The third kappa shape index (κ3) is 2.76. The number of sulfonamides is 1. The van der Waals surface area contributed by atoms with Crippen LogP contribution in [0.4, 0.5) is 5.82 Å². The molecule has 9 heteroatoms. The van der Waals surface area contributed by atoms with Gasteiger partial charge in [-0.25, -0.2) is 13.6 Å². The summed E-state index contributed by atoms with van der Waals surface area (Å²) in [6.45, 7) is 4.14. The lowest BCUT2D eigenvalue weighted by atomic mass is 10.2. The second kappa shape index (κ2) is 4.18. The minimum Gasteiger partial charge on any atom is -0.358 e. The Morgan fingerprint density at radius 3 is 2.50 bits per heavy atom. The molecule has 0 aliphatic heterocycles. The van der Waals surface area contributed by atoms with Gasteiger partial charge in [-0.3, -0.25) is 0 Å². The highest BCUT2D eigenvalue weighted by Gasteiger charge is 2.28. The molecule has 2 N–H and O–H groups in total. The predicted molar refractivity (Wildman–Crippen MR) is 55.1 cm³/mol. The normalized spacial score (nSPS) is 12.0. The summed E-state index contributed by atoms with van der Waals surface area (Å²) in [4.78, 5) is 9.16. The number of hydrogen-bond acceptors (Lipinski definition) is 5. The first-order valence-corrected chi connectivity index (χ1v) is 6.01. The van der Waals surface area contributed by atoms with Gasteiger partial charge in [0.05, 0.1) is 17.8 Å². The monoisotopic (exact) mass is 248 g/mol. The van der Waals surface area contributed by atoms with Gasteiger partial charge < -0.3 is 10.1 Å². The average Bonchev–Trinajstić information content (AvgIpc) is 2.45. The van der Waals surface area contributed by atoms with Crippen LogP contribution in [0.25, 0.3) is 0 Å². The quantitative estimate of drug-likeness (QED) is 0.598. The van der Waals surface area contributed by atoms with E-state index < -0.39 is 25.7 Å². The molecule has 90 valence electrons. The van der Waals surface area contributed by atoms with E-state index in [2.05, 4.69) is 5.10 Å². The first-order valence-electron chi connectivity index (χ1n) is 4.46. The summed E-state index contributed by atoms with van der Waals surface area (Å²) in [7, 11) is -4.12. The van der Waals surface area contributed by atoms with Gasteiger partial charge in [-0.1, -0.05) is 13.8 Å². The van der Waals surface area contributed by atoms with E-state index in [4.69, 9.17) is 5.14 Å². The Morgan fingerprint density at radius 2 is 2.19 bits per heavy atom. The molecule has 0 aromatic carbocycles. The summed E-state index contributed by atoms with van der Waals surface area (Å²) in [5.41, 5.74) is 0. The van der Waals surface area contributed by atoms with Crippen LogP contribution in [0.3, 0.4) is 0 Å². The number of nitrogens with zero attached hydrogens (tertiary/aromatic N) is 3. The second-order valence-corrected chi connectivity index (χ2v) is 5.26. The molecule has 0 unspecified atom stereocenters. The van der Waals surface area contributed by atoms with E-state index in [0.717, 1.165) is 6.20 Å². The maximum Gasteiger partial charge on any atom is 0.410 e. The van der Waals surface area contributed by atoms with Crippen molar-refractivity contribution in [1.29, 1.82) is 0 Å². The first-order chi connectivity index (χ1) is 7.21. The molecule has 8 nitrogen and oxygen atoms in total. The molecule has 0 saturated carbocycles. The zero-order chi connectivity index (χ0) is 12.5. The van der Waals surface area contributed by atoms with Crippen LogP contribution in [0, 0.1) is 16.0 Å². The highest BCUT2D eigenvalue weighted by molar-refractivity contribution is 7.89. The molecule has 0 atom stereocenters. The van der Waals surface area contributed by atoms with Gasteiger partial charge in [0.15, 0.2) is 0 Å². The van der Waals surface area contributed by atoms with Gasteiger partial charge in [0.1, 0.15) is 0 Å².